The van der Waals surface area contributed by atoms with E-state index in [4.69, 9.17) is 0 Å². The van der Waals surface area contributed by atoms with Gasteiger partial charge < -0.3 is 0 Å². The van der Waals surface area contributed by atoms with Gasteiger partial charge in [-0.05, 0) is 37.1 Å². The molecule has 0 saturated heterocycles. The van der Waals surface area contributed by atoms with E-state index in [9.17, 15) is 9.59 Å². The van der Waals surface area contributed by atoms with Gasteiger partial charge >= 0.3 is 0 Å². The molecule has 0 amide bonds. The lowest BCUT2D eigenvalue weighted by Gasteiger charge is -2.10. The van der Waals surface area contributed by atoms with Gasteiger partial charge in [-0.1, -0.05) is 60.7 Å². The monoisotopic (exact) mass is 426 g/mol. The second kappa shape index (κ2) is 7.31. The fraction of sp³-hybridized carbons (Fsp3) is 0.0769. The van der Waals surface area contributed by atoms with Gasteiger partial charge in [-0.3, -0.25) is 9.59 Å². The molecule has 0 radical (unpaired) electrons. The molecule has 0 N–H and O–H groups in total. The van der Waals surface area contributed by atoms with Crippen molar-refractivity contribution in [3.05, 3.63) is 103 Å². The summed E-state index contributed by atoms with van der Waals surface area (Å²) in [5.41, 5.74) is 4.38. The molecule has 0 aliphatic heterocycles. The number of aryl methyl sites for hydroxylation is 2. The average Bonchev–Trinajstić information content (AvgIpc) is 3.35. The zero-order valence-corrected chi connectivity index (χ0v) is 18.2. The lowest BCUT2D eigenvalue weighted by atomic mass is 9.89. The first-order valence-corrected chi connectivity index (χ1v) is 11.3. The third-order valence-corrected chi connectivity index (χ3v) is 7.60. The smallest absolute Gasteiger partial charge is 0.234 e. The highest BCUT2D eigenvalue weighted by Crippen LogP contribution is 2.42. The standard InChI is InChI=1S/C26H18O2S2/c1-15-19(13-21(29-15)17-9-5-3-6-10-17)23-24(26(28)25(23)27)20-14-22(30-16(20)2)18-11-7-4-8-12-18/h3-14H,1-2H3. The van der Waals surface area contributed by atoms with Gasteiger partial charge in [0, 0.05) is 41.8 Å². The summed E-state index contributed by atoms with van der Waals surface area (Å²) in [7, 11) is 0. The number of hydrogen-bond donors (Lipinski definition) is 0. The Bertz CT molecular complexity index is 1320. The summed E-state index contributed by atoms with van der Waals surface area (Å²) in [6.07, 6.45) is 0. The molecule has 3 aromatic carbocycles. The highest BCUT2D eigenvalue weighted by Gasteiger charge is 2.28. The Morgan fingerprint density at radius 3 is 1.30 bits per heavy atom. The highest BCUT2D eigenvalue weighted by atomic mass is 32.1. The minimum absolute atomic E-state index is 0.377. The van der Waals surface area contributed by atoms with Crippen LogP contribution >= 0.6 is 22.7 Å². The molecule has 5 rings (SSSR count). The molecule has 146 valence electrons. The van der Waals surface area contributed by atoms with Gasteiger partial charge in [0.2, 0.25) is 10.9 Å². The van der Waals surface area contributed by atoms with Crippen molar-refractivity contribution < 1.29 is 0 Å². The van der Waals surface area contributed by atoms with Crippen LogP contribution in [0.25, 0.3) is 43.1 Å². The Kier molecular flexibility index (Phi) is 4.61. The van der Waals surface area contributed by atoms with Crippen LogP contribution in [0.2, 0.25) is 0 Å². The maximum atomic E-state index is 12.6. The minimum Gasteiger partial charge on any atom is -0.285 e. The van der Waals surface area contributed by atoms with Gasteiger partial charge in [-0.25, -0.2) is 0 Å². The van der Waals surface area contributed by atoms with Crippen molar-refractivity contribution in [3.63, 3.8) is 0 Å². The Hall–Kier alpha value is -3.08. The van der Waals surface area contributed by atoms with Gasteiger partial charge in [0.05, 0.1) is 0 Å². The van der Waals surface area contributed by atoms with E-state index in [0.29, 0.717) is 11.1 Å². The van der Waals surface area contributed by atoms with E-state index in [-0.39, 0.29) is 10.9 Å². The lowest BCUT2D eigenvalue weighted by Crippen LogP contribution is -2.35. The minimum atomic E-state index is -0.377. The Labute approximate surface area is 182 Å². The van der Waals surface area contributed by atoms with E-state index in [0.717, 1.165) is 41.8 Å². The largest absolute Gasteiger partial charge is 0.285 e. The molecule has 2 aromatic heterocycles. The number of benzene rings is 2. The third-order valence-electron chi connectivity index (χ3n) is 5.40. The van der Waals surface area contributed by atoms with E-state index < -0.39 is 0 Å². The molecule has 0 aliphatic rings. The summed E-state index contributed by atoms with van der Waals surface area (Å²) in [6.45, 7) is 4.03. The second-order valence-electron chi connectivity index (χ2n) is 7.30. The molecule has 0 atom stereocenters. The Morgan fingerprint density at radius 2 is 0.933 bits per heavy atom. The van der Waals surface area contributed by atoms with Crippen LogP contribution in [0.4, 0.5) is 0 Å². The van der Waals surface area contributed by atoms with Crippen molar-refractivity contribution >= 4 is 22.7 Å². The molecule has 2 heterocycles. The predicted octanol–water partition coefficient (Wildman–Crippen LogP) is 6.69. The number of thiophene rings is 2. The lowest BCUT2D eigenvalue weighted by molar-refractivity contribution is 1.39. The molecular weight excluding hydrogens is 408 g/mol. The summed E-state index contributed by atoms with van der Waals surface area (Å²) >= 11 is 3.31. The molecule has 4 heteroatoms. The van der Waals surface area contributed by atoms with Crippen molar-refractivity contribution in [1.29, 1.82) is 0 Å². The predicted molar refractivity (Wildman–Crippen MR) is 128 cm³/mol. The zero-order chi connectivity index (χ0) is 20.8. The van der Waals surface area contributed by atoms with E-state index in [1.165, 1.54) is 0 Å². The molecule has 0 spiro atoms. The van der Waals surface area contributed by atoms with Crippen LogP contribution in [0, 0.1) is 13.8 Å². The maximum absolute atomic E-state index is 12.6. The van der Waals surface area contributed by atoms with Gasteiger partial charge in [-0.15, -0.1) is 22.7 Å². The first-order valence-electron chi connectivity index (χ1n) is 9.70. The summed E-state index contributed by atoms with van der Waals surface area (Å²) in [4.78, 5) is 29.6. The van der Waals surface area contributed by atoms with Crippen molar-refractivity contribution in [3.8, 4) is 43.1 Å². The van der Waals surface area contributed by atoms with Crippen molar-refractivity contribution in [2.24, 2.45) is 0 Å². The fourth-order valence-corrected chi connectivity index (χ4v) is 5.92. The van der Waals surface area contributed by atoms with Crippen LogP contribution in [-0.4, -0.2) is 0 Å². The summed E-state index contributed by atoms with van der Waals surface area (Å²) < 4.78 is 0. The number of rotatable bonds is 4. The van der Waals surface area contributed by atoms with Gasteiger partial charge in [0.25, 0.3) is 0 Å². The second-order valence-corrected chi connectivity index (χ2v) is 9.81. The number of hydrogen-bond acceptors (Lipinski definition) is 4. The van der Waals surface area contributed by atoms with Crippen LogP contribution in [0.3, 0.4) is 0 Å². The van der Waals surface area contributed by atoms with Crippen LogP contribution in [0.15, 0.2) is 82.4 Å². The summed E-state index contributed by atoms with van der Waals surface area (Å²) in [6, 6.07) is 24.4. The Balaban J connectivity index is 1.63. The first kappa shape index (κ1) is 18.9. The van der Waals surface area contributed by atoms with Gasteiger partial charge in [0.15, 0.2) is 0 Å². The van der Waals surface area contributed by atoms with Crippen LogP contribution < -0.4 is 10.9 Å². The maximum Gasteiger partial charge on any atom is 0.234 e. The van der Waals surface area contributed by atoms with Crippen molar-refractivity contribution in [2.45, 2.75) is 13.8 Å². The molecule has 2 nitrogen and oxygen atoms in total. The molecule has 5 aromatic rings. The van der Waals surface area contributed by atoms with E-state index in [1.54, 1.807) is 22.7 Å². The van der Waals surface area contributed by atoms with E-state index >= 15 is 0 Å². The fourth-order valence-electron chi connectivity index (χ4n) is 3.86. The van der Waals surface area contributed by atoms with Gasteiger partial charge in [-0.2, -0.15) is 0 Å². The molecule has 30 heavy (non-hydrogen) atoms. The van der Waals surface area contributed by atoms with Crippen molar-refractivity contribution in [1.82, 2.24) is 0 Å². The molecular formula is C26H18O2S2. The molecule has 0 bridgehead atoms. The van der Waals surface area contributed by atoms with Crippen LogP contribution in [0.5, 0.6) is 0 Å². The average molecular weight is 427 g/mol. The molecule has 0 unspecified atom stereocenters. The topological polar surface area (TPSA) is 34.1 Å². The Morgan fingerprint density at radius 1 is 0.567 bits per heavy atom. The molecule has 0 fully saturated rings. The first-order chi connectivity index (χ1) is 14.5. The summed E-state index contributed by atoms with van der Waals surface area (Å²) in [5, 5.41) is 0. The zero-order valence-electron chi connectivity index (χ0n) is 16.6. The molecule has 0 aliphatic carbocycles. The van der Waals surface area contributed by atoms with Gasteiger partial charge in [0.1, 0.15) is 0 Å². The van der Waals surface area contributed by atoms with E-state index in [1.807, 2.05) is 50.2 Å². The van der Waals surface area contributed by atoms with Crippen molar-refractivity contribution in [2.75, 3.05) is 0 Å². The normalized spacial score (nSPS) is 11.3. The van der Waals surface area contributed by atoms with Crippen LogP contribution in [0.1, 0.15) is 9.75 Å². The molecule has 0 saturated carbocycles. The highest BCUT2D eigenvalue weighted by molar-refractivity contribution is 7.16. The summed E-state index contributed by atoms with van der Waals surface area (Å²) in [5.74, 6) is 0. The quantitative estimate of drug-likeness (QED) is 0.300. The van der Waals surface area contributed by atoms with Crippen LogP contribution in [-0.2, 0) is 0 Å². The third kappa shape index (κ3) is 3.00. The van der Waals surface area contributed by atoms with E-state index in [2.05, 4.69) is 36.4 Å². The SMILES string of the molecule is Cc1sc(-c2ccccc2)cc1-c1c(-c2cc(-c3ccccc3)sc2C)c(=O)c1=O.